The first kappa shape index (κ1) is 15.2. The highest BCUT2D eigenvalue weighted by atomic mass is 16.6. The molecule has 0 aliphatic rings. The molecule has 19 heavy (non-hydrogen) atoms. The molecule has 0 radical (unpaired) electrons. The van der Waals surface area contributed by atoms with Gasteiger partial charge in [-0.3, -0.25) is 10.1 Å². The molecule has 1 N–H and O–H groups in total. The van der Waals surface area contributed by atoms with Crippen LogP contribution in [0.2, 0.25) is 0 Å². The van der Waals surface area contributed by atoms with Crippen molar-refractivity contribution in [3.63, 3.8) is 0 Å². The van der Waals surface area contributed by atoms with Crippen molar-refractivity contribution in [3.05, 3.63) is 22.2 Å². The van der Waals surface area contributed by atoms with Crippen LogP contribution >= 0.6 is 0 Å². The van der Waals surface area contributed by atoms with Crippen molar-refractivity contribution in [1.29, 1.82) is 0 Å². The zero-order chi connectivity index (χ0) is 14.3. The van der Waals surface area contributed by atoms with Gasteiger partial charge in [-0.1, -0.05) is 20.8 Å². The summed E-state index contributed by atoms with van der Waals surface area (Å²) < 4.78 is 5.47. The van der Waals surface area contributed by atoms with Crippen LogP contribution in [0.5, 0.6) is 5.88 Å². The predicted octanol–water partition coefficient (Wildman–Crippen LogP) is 3.24. The second kappa shape index (κ2) is 7.56. The van der Waals surface area contributed by atoms with Crippen LogP contribution in [0, 0.1) is 16.0 Å². The van der Waals surface area contributed by atoms with E-state index >= 15 is 0 Å². The molecule has 1 rings (SSSR count). The fourth-order valence-electron chi connectivity index (χ4n) is 1.41. The summed E-state index contributed by atoms with van der Waals surface area (Å²) >= 11 is 0. The summed E-state index contributed by atoms with van der Waals surface area (Å²) in [5, 5.41) is 13.9. The van der Waals surface area contributed by atoms with Crippen LogP contribution in [0.25, 0.3) is 0 Å². The van der Waals surface area contributed by atoms with Crippen molar-refractivity contribution < 1.29 is 9.66 Å². The van der Waals surface area contributed by atoms with Crippen LogP contribution in [0.3, 0.4) is 0 Å². The molecule has 0 unspecified atom stereocenters. The number of nitrogens with zero attached hydrogens (tertiary/aromatic N) is 2. The number of nitro groups is 1. The van der Waals surface area contributed by atoms with Gasteiger partial charge in [-0.05, 0) is 18.8 Å². The summed E-state index contributed by atoms with van der Waals surface area (Å²) in [6, 6.07) is 2.78. The summed E-state index contributed by atoms with van der Waals surface area (Å²) in [5.41, 5.74) is -0.00634. The normalized spacial score (nSPS) is 10.5. The molecule has 0 aliphatic carbocycles. The Hall–Kier alpha value is -1.85. The Bertz CT molecular complexity index is 422. The fourth-order valence-corrected chi connectivity index (χ4v) is 1.41. The summed E-state index contributed by atoms with van der Waals surface area (Å²) in [5.74, 6) is 1.31. The van der Waals surface area contributed by atoms with Gasteiger partial charge in [-0.25, -0.2) is 0 Å². The lowest BCUT2D eigenvalue weighted by Crippen LogP contribution is -2.06. The molecular weight excluding hydrogens is 246 g/mol. The second-order valence-corrected chi connectivity index (χ2v) is 4.76. The predicted molar refractivity (Wildman–Crippen MR) is 74.6 cm³/mol. The molecule has 0 aliphatic heterocycles. The van der Waals surface area contributed by atoms with Crippen LogP contribution < -0.4 is 10.1 Å². The number of hydrogen-bond donors (Lipinski definition) is 1. The third-order valence-electron chi connectivity index (χ3n) is 2.50. The Balaban J connectivity index is 2.77. The number of anilines is 1. The minimum atomic E-state index is -0.436. The molecule has 106 valence electrons. The molecule has 1 aromatic heterocycles. The highest BCUT2D eigenvalue weighted by molar-refractivity contribution is 5.48. The van der Waals surface area contributed by atoms with Gasteiger partial charge in [0.25, 0.3) is 5.69 Å². The number of nitrogens with one attached hydrogen (secondary N) is 1. The number of pyridine rings is 1. The van der Waals surface area contributed by atoms with Gasteiger partial charge in [0.1, 0.15) is 5.82 Å². The summed E-state index contributed by atoms with van der Waals surface area (Å²) in [7, 11) is 0. The first-order chi connectivity index (χ1) is 9.02. The van der Waals surface area contributed by atoms with Crippen LogP contribution in [-0.2, 0) is 0 Å². The van der Waals surface area contributed by atoms with Crippen molar-refractivity contribution in [3.8, 4) is 5.88 Å². The maximum atomic E-state index is 10.9. The van der Waals surface area contributed by atoms with Crippen LogP contribution in [0.15, 0.2) is 12.1 Å². The van der Waals surface area contributed by atoms with Crippen molar-refractivity contribution in [2.75, 3.05) is 18.5 Å². The first-order valence-corrected chi connectivity index (χ1v) is 6.56. The molecule has 0 fully saturated rings. The SMILES string of the molecule is CCCNc1cc([N+](=O)[O-])cc(OCCC(C)C)n1. The average Bonchev–Trinajstić information content (AvgIpc) is 2.35. The molecular formula is C13H21N3O3. The summed E-state index contributed by atoms with van der Waals surface area (Å²) in [6.45, 7) is 7.44. The molecule has 0 saturated carbocycles. The Kier molecular flexibility index (Phi) is 6.05. The molecule has 1 heterocycles. The Morgan fingerprint density at radius 3 is 2.79 bits per heavy atom. The monoisotopic (exact) mass is 267 g/mol. The number of hydrogen-bond acceptors (Lipinski definition) is 5. The molecule has 0 atom stereocenters. The molecule has 0 amide bonds. The zero-order valence-electron chi connectivity index (χ0n) is 11.7. The van der Waals surface area contributed by atoms with Gasteiger partial charge < -0.3 is 10.1 Å². The maximum Gasteiger partial charge on any atom is 0.278 e. The van der Waals surface area contributed by atoms with E-state index in [1.165, 1.54) is 12.1 Å². The van der Waals surface area contributed by atoms with E-state index in [0.717, 1.165) is 19.4 Å². The van der Waals surface area contributed by atoms with E-state index in [-0.39, 0.29) is 5.69 Å². The Morgan fingerprint density at radius 2 is 2.21 bits per heavy atom. The highest BCUT2D eigenvalue weighted by Crippen LogP contribution is 2.22. The molecule has 0 bridgehead atoms. The van der Waals surface area contributed by atoms with Crippen molar-refractivity contribution >= 4 is 11.5 Å². The van der Waals surface area contributed by atoms with Crippen molar-refractivity contribution in [2.24, 2.45) is 5.92 Å². The standard InChI is InChI=1S/C13H21N3O3/c1-4-6-14-12-8-11(16(17)18)9-13(15-12)19-7-5-10(2)3/h8-10H,4-7H2,1-3H3,(H,14,15). The van der Waals surface area contributed by atoms with E-state index in [9.17, 15) is 10.1 Å². The topological polar surface area (TPSA) is 77.3 Å². The van der Waals surface area contributed by atoms with E-state index in [4.69, 9.17) is 4.74 Å². The van der Waals surface area contributed by atoms with Crippen molar-refractivity contribution in [1.82, 2.24) is 4.98 Å². The van der Waals surface area contributed by atoms with Gasteiger partial charge in [0.2, 0.25) is 5.88 Å². The zero-order valence-corrected chi connectivity index (χ0v) is 11.7. The average molecular weight is 267 g/mol. The summed E-state index contributed by atoms with van der Waals surface area (Å²) in [4.78, 5) is 14.6. The Morgan fingerprint density at radius 1 is 1.47 bits per heavy atom. The van der Waals surface area contributed by atoms with Gasteiger partial charge >= 0.3 is 0 Å². The van der Waals surface area contributed by atoms with E-state index in [2.05, 4.69) is 24.1 Å². The van der Waals surface area contributed by atoms with Gasteiger partial charge in [0.15, 0.2) is 0 Å². The number of rotatable bonds is 8. The molecule has 0 aromatic carbocycles. The van der Waals surface area contributed by atoms with Crippen LogP contribution in [-0.4, -0.2) is 23.1 Å². The Labute approximate surface area is 113 Å². The first-order valence-electron chi connectivity index (χ1n) is 6.56. The lowest BCUT2D eigenvalue weighted by Gasteiger charge is -2.09. The lowest BCUT2D eigenvalue weighted by molar-refractivity contribution is -0.384. The quantitative estimate of drug-likeness (QED) is 0.578. The third-order valence-corrected chi connectivity index (χ3v) is 2.50. The van der Waals surface area contributed by atoms with Gasteiger partial charge in [-0.15, -0.1) is 0 Å². The van der Waals surface area contributed by atoms with Gasteiger partial charge in [0.05, 0.1) is 23.7 Å². The number of ether oxygens (including phenoxy) is 1. The van der Waals surface area contributed by atoms with E-state index in [1.807, 2.05) is 6.92 Å². The van der Waals surface area contributed by atoms with Crippen LogP contribution in [0.1, 0.15) is 33.6 Å². The minimum Gasteiger partial charge on any atom is -0.477 e. The third kappa shape index (κ3) is 5.54. The van der Waals surface area contributed by atoms with Crippen molar-refractivity contribution in [2.45, 2.75) is 33.6 Å². The molecule has 0 spiro atoms. The minimum absolute atomic E-state index is 0.00634. The fraction of sp³-hybridized carbons (Fsp3) is 0.615. The smallest absolute Gasteiger partial charge is 0.278 e. The van der Waals surface area contributed by atoms with Gasteiger partial charge in [0, 0.05) is 6.54 Å². The summed E-state index contributed by atoms with van der Waals surface area (Å²) in [6.07, 6.45) is 1.82. The number of aromatic nitrogens is 1. The second-order valence-electron chi connectivity index (χ2n) is 4.76. The molecule has 6 nitrogen and oxygen atoms in total. The molecule has 0 saturated heterocycles. The van der Waals surface area contributed by atoms with Gasteiger partial charge in [-0.2, -0.15) is 4.98 Å². The highest BCUT2D eigenvalue weighted by Gasteiger charge is 2.12. The van der Waals surface area contributed by atoms with E-state index in [1.54, 1.807) is 0 Å². The van der Waals surface area contributed by atoms with E-state index in [0.29, 0.717) is 24.2 Å². The maximum absolute atomic E-state index is 10.9. The molecule has 1 aromatic rings. The lowest BCUT2D eigenvalue weighted by atomic mass is 10.1. The van der Waals surface area contributed by atoms with Crippen LogP contribution in [0.4, 0.5) is 11.5 Å². The van der Waals surface area contributed by atoms with E-state index < -0.39 is 4.92 Å². The largest absolute Gasteiger partial charge is 0.477 e. The molecule has 6 heteroatoms.